The number of anilines is 1. The van der Waals surface area contributed by atoms with Crippen LogP contribution in [-0.4, -0.2) is 4.98 Å². The first-order valence-electron chi connectivity index (χ1n) is 6.48. The highest BCUT2D eigenvalue weighted by Crippen LogP contribution is 2.23. The summed E-state index contributed by atoms with van der Waals surface area (Å²) in [6.45, 7) is 4.48. The number of fused-ring (bicyclic) bond motifs is 1. The van der Waals surface area contributed by atoms with E-state index in [0.717, 1.165) is 27.5 Å². The van der Waals surface area contributed by atoms with Gasteiger partial charge in [0.05, 0.1) is 12.2 Å². The number of oxazole rings is 1. The molecule has 3 nitrogen and oxygen atoms in total. The molecule has 1 aromatic heterocycles. The van der Waals surface area contributed by atoms with Crippen LogP contribution in [0.5, 0.6) is 0 Å². The molecule has 20 heavy (non-hydrogen) atoms. The Bertz CT molecular complexity index is 745. The van der Waals surface area contributed by atoms with E-state index in [-0.39, 0.29) is 0 Å². The SMILES string of the molecule is Cc1nc(CNc2ccc3cc(Br)ccc3c2)oc1C. The quantitative estimate of drug-likeness (QED) is 0.748. The fraction of sp³-hybridized carbons (Fsp3) is 0.188. The van der Waals surface area contributed by atoms with Crippen molar-refractivity contribution in [3.8, 4) is 0 Å². The van der Waals surface area contributed by atoms with Gasteiger partial charge in [0, 0.05) is 10.2 Å². The molecule has 0 atom stereocenters. The van der Waals surface area contributed by atoms with Crippen molar-refractivity contribution in [1.29, 1.82) is 0 Å². The molecule has 3 rings (SSSR count). The van der Waals surface area contributed by atoms with Gasteiger partial charge >= 0.3 is 0 Å². The Morgan fingerprint density at radius 2 is 1.85 bits per heavy atom. The summed E-state index contributed by atoms with van der Waals surface area (Å²) in [6.07, 6.45) is 0. The maximum atomic E-state index is 5.56. The molecular formula is C16H15BrN2O. The normalized spacial score (nSPS) is 10.9. The van der Waals surface area contributed by atoms with Gasteiger partial charge < -0.3 is 9.73 Å². The zero-order chi connectivity index (χ0) is 14.1. The van der Waals surface area contributed by atoms with Crippen LogP contribution in [0.4, 0.5) is 5.69 Å². The predicted molar refractivity (Wildman–Crippen MR) is 85.0 cm³/mol. The maximum Gasteiger partial charge on any atom is 0.213 e. The molecule has 0 aliphatic carbocycles. The molecule has 0 aliphatic heterocycles. The Hall–Kier alpha value is -1.81. The van der Waals surface area contributed by atoms with Gasteiger partial charge in [0.25, 0.3) is 0 Å². The number of aromatic nitrogens is 1. The molecule has 2 aromatic carbocycles. The minimum absolute atomic E-state index is 0.594. The highest BCUT2D eigenvalue weighted by Gasteiger charge is 2.05. The van der Waals surface area contributed by atoms with Gasteiger partial charge in [-0.1, -0.05) is 28.1 Å². The Morgan fingerprint density at radius 1 is 1.10 bits per heavy atom. The molecule has 0 spiro atoms. The summed E-state index contributed by atoms with van der Waals surface area (Å²) < 4.78 is 6.65. The fourth-order valence-corrected chi connectivity index (χ4v) is 2.50. The third-order valence-electron chi connectivity index (χ3n) is 3.32. The summed E-state index contributed by atoms with van der Waals surface area (Å²) in [4.78, 5) is 4.36. The van der Waals surface area contributed by atoms with Gasteiger partial charge in [0.1, 0.15) is 5.76 Å². The highest BCUT2D eigenvalue weighted by atomic mass is 79.9. The van der Waals surface area contributed by atoms with Crippen molar-refractivity contribution in [2.75, 3.05) is 5.32 Å². The van der Waals surface area contributed by atoms with E-state index in [2.05, 4.69) is 56.6 Å². The van der Waals surface area contributed by atoms with Gasteiger partial charge in [-0.25, -0.2) is 4.98 Å². The molecule has 0 bridgehead atoms. The number of nitrogens with one attached hydrogen (secondary N) is 1. The fourth-order valence-electron chi connectivity index (χ4n) is 2.12. The number of rotatable bonds is 3. The number of hydrogen-bond acceptors (Lipinski definition) is 3. The van der Waals surface area contributed by atoms with Crippen molar-refractivity contribution in [1.82, 2.24) is 4.98 Å². The molecule has 0 fully saturated rings. The molecule has 0 radical (unpaired) electrons. The van der Waals surface area contributed by atoms with E-state index in [9.17, 15) is 0 Å². The molecular weight excluding hydrogens is 316 g/mol. The van der Waals surface area contributed by atoms with Crippen molar-refractivity contribution >= 4 is 32.4 Å². The number of aryl methyl sites for hydroxylation is 2. The highest BCUT2D eigenvalue weighted by molar-refractivity contribution is 9.10. The van der Waals surface area contributed by atoms with Crippen LogP contribution in [0, 0.1) is 13.8 Å². The molecule has 1 N–H and O–H groups in total. The van der Waals surface area contributed by atoms with E-state index >= 15 is 0 Å². The molecule has 0 saturated carbocycles. The summed E-state index contributed by atoms with van der Waals surface area (Å²) in [7, 11) is 0. The van der Waals surface area contributed by atoms with Gasteiger partial charge in [-0.15, -0.1) is 0 Å². The minimum Gasteiger partial charge on any atom is -0.444 e. The Balaban J connectivity index is 1.79. The Morgan fingerprint density at radius 3 is 2.60 bits per heavy atom. The van der Waals surface area contributed by atoms with Crippen LogP contribution in [0.2, 0.25) is 0 Å². The van der Waals surface area contributed by atoms with Gasteiger partial charge in [0.15, 0.2) is 0 Å². The molecule has 1 heterocycles. The van der Waals surface area contributed by atoms with Crippen LogP contribution in [0.15, 0.2) is 45.3 Å². The van der Waals surface area contributed by atoms with Crippen LogP contribution >= 0.6 is 15.9 Å². The lowest BCUT2D eigenvalue weighted by atomic mass is 10.1. The maximum absolute atomic E-state index is 5.56. The summed E-state index contributed by atoms with van der Waals surface area (Å²) >= 11 is 3.49. The van der Waals surface area contributed by atoms with Crippen molar-refractivity contribution in [3.63, 3.8) is 0 Å². The van der Waals surface area contributed by atoms with Gasteiger partial charge in [-0.2, -0.15) is 0 Å². The lowest BCUT2D eigenvalue weighted by Crippen LogP contribution is -1.99. The molecule has 0 saturated heterocycles. The van der Waals surface area contributed by atoms with Crippen LogP contribution in [0.25, 0.3) is 10.8 Å². The average molecular weight is 331 g/mol. The van der Waals surface area contributed by atoms with Gasteiger partial charge in [0.2, 0.25) is 5.89 Å². The van der Waals surface area contributed by atoms with Crippen LogP contribution < -0.4 is 5.32 Å². The number of nitrogens with zero attached hydrogens (tertiary/aromatic N) is 1. The summed E-state index contributed by atoms with van der Waals surface area (Å²) in [5.74, 6) is 1.60. The van der Waals surface area contributed by atoms with Crippen molar-refractivity contribution in [2.24, 2.45) is 0 Å². The average Bonchev–Trinajstić information content (AvgIpc) is 2.75. The molecule has 4 heteroatoms. The minimum atomic E-state index is 0.594. The van der Waals surface area contributed by atoms with Crippen molar-refractivity contribution < 1.29 is 4.42 Å². The Labute approximate surface area is 126 Å². The molecule has 0 unspecified atom stereocenters. The molecule has 102 valence electrons. The second kappa shape index (κ2) is 5.29. The molecule has 0 aliphatic rings. The zero-order valence-electron chi connectivity index (χ0n) is 11.4. The zero-order valence-corrected chi connectivity index (χ0v) is 13.0. The first-order chi connectivity index (χ1) is 9.61. The summed E-state index contributed by atoms with van der Waals surface area (Å²) in [5, 5.41) is 5.76. The third kappa shape index (κ3) is 2.70. The second-order valence-electron chi connectivity index (χ2n) is 4.81. The first kappa shape index (κ1) is 13.2. The number of hydrogen-bond donors (Lipinski definition) is 1. The summed E-state index contributed by atoms with van der Waals surface area (Å²) in [6, 6.07) is 12.6. The van der Waals surface area contributed by atoms with E-state index in [1.807, 2.05) is 19.9 Å². The smallest absolute Gasteiger partial charge is 0.213 e. The predicted octanol–water partition coefficient (Wildman–Crippen LogP) is 4.82. The summed E-state index contributed by atoms with van der Waals surface area (Å²) in [5.41, 5.74) is 2.01. The molecule has 3 aromatic rings. The lowest BCUT2D eigenvalue weighted by Gasteiger charge is -2.06. The van der Waals surface area contributed by atoms with Gasteiger partial charge in [-0.05, 0) is 48.9 Å². The van der Waals surface area contributed by atoms with Crippen LogP contribution in [0.3, 0.4) is 0 Å². The van der Waals surface area contributed by atoms with E-state index in [1.165, 1.54) is 10.8 Å². The first-order valence-corrected chi connectivity index (χ1v) is 7.27. The van der Waals surface area contributed by atoms with E-state index in [1.54, 1.807) is 0 Å². The standard InChI is InChI=1S/C16H15BrN2O/c1-10-11(2)20-16(19-10)9-18-15-6-4-12-7-14(17)5-3-13(12)8-15/h3-8,18H,9H2,1-2H3. The second-order valence-corrected chi connectivity index (χ2v) is 5.72. The number of halogens is 1. The monoisotopic (exact) mass is 330 g/mol. The van der Waals surface area contributed by atoms with E-state index < -0.39 is 0 Å². The number of benzene rings is 2. The van der Waals surface area contributed by atoms with E-state index in [4.69, 9.17) is 4.42 Å². The molecule has 0 amide bonds. The topological polar surface area (TPSA) is 38.1 Å². The Kier molecular flexibility index (Phi) is 3.49. The van der Waals surface area contributed by atoms with Crippen molar-refractivity contribution in [3.05, 3.63) is 58.2 Å². The van der Waals surface area contributed by atoms with Crippen LogP contribution in [0.1, 0.15) is 17.3 Å². The largest absolute Gasteiger partial charge is 0.444 e. The van der Waals surface area contributed by atoms with E-state index in [0.29, 0.717) is 6.54 Å². The van der Waals surface area contributed by atoms with Crippen LogP contribution in [-0.2, 0) is 6.54 Å². The van der Waals surface area contributed by atoms with Gasteiger partial charge in [-0.3, -0.25) is 0 Å². The lowest BCUT2D eigenvalue weighted by molar-refractivity contribution is 0.478. The third-order valence-corrected chi connectivity index (χ3v) is 3.81. The van der Waals surface area contributed by atoms with Crippen molar-refractivity contribution in [2.45, 2.75) is 20.4 Å².